The molecule has 1 aliphatic carbocycles. The fourth-order valence-electron chi connectivity index (χ4n) is 6.58. The summed E-state index contributed by atoms with van der Waals surface area (Å²) in [4.78, 5) is 36.1. The number of ketones is 1. The maximum absolute atomic E-state index is 13.9. The number of likely N-dealkylation sites (tertiary alicyclic amines) is 1. The number of carboxylic acid groups (broad SMARTS) is 1. The van der Waals surface area contributed by atoms with Crippen LogP contribution >= 0.6 is 0 Å². The van der Waals surface area contributed by atoms with Crippen LogP contribution in [0.3, 0.4) is 0 Å². The fraction of sp³-hybridized carbons (Fsp3) is 0.500. The number of rotatable bonds is 8. The van der Waals surface area contributed by atoms with Crippen molar-refractivity contribution in [3.63, 3.8) is 0 Å². The van der Waals surface area contributed by atoms with Crippen molar-refractivity contribution >= 4 is 22.7 Å². The first kappa shape index (κ1) is 25.1. The number of aromatic hydroxyl groups is 1. The number of aromatic nitrogens is 2. The third kappa shape index (κ3) is 4.60. The minimum absolute atomic E-state index is 0.0880. The second-order valence-electron chi connectivity index (χ2n) is 11.4. The Morgan fingerprint density at radius 3 is 2.55 bits per heavy atom. The fourth-order valence-corrected chi connectivity index (χ4v) is 6.58. The molecule has 0 radical (unpaired) electrons. The summed E-state index contributed by atoms with van der Waals surface area (Å²) >= 11 is 0. The first-order chi connectivity index (χ1) is 18.5. The van der Waals surface area contributed by atoms with E-state index in [2.05, 4.69) is 20.2 Å². The number of carbonyl (C=O) groups is 2. The number of para-hydroxylation sites is 1. The molecular formula is C30H36N4O4. The van der Waals surface area contributed by atoms with E-state index in [-0.39, 0.29) is 17.7 Å². The maximum atomic E-state index is 13.9. The predicted octanol–water partition coefficient (Wildman–Crippen LogP) is 4.31. The highest BCUT2D eigenvalue weighted by molar-refractivity contribution is 6.05. The Morgan fingerprint density at radius 1 is 1.11 bits per heavy atom. The van der Waals surface area contributed by atoms with Crippen molar-refractivity contribution in [1.29, 1.82) is 0 Å². The topological polar surface area (TPSA) is 119 Å². The van der Waals surface area contributed by atoms with Crippen LogP contribution in [0.4, 0.5) is 0 Å². The van der Waals surface area contributed by atoms with E-state index in [4.69, 9.17) is 0 Å². The third-order valence-corrected chi connectivity index (χ3v) is 9.09. The molecule has 3 aliphatic rings. The van der Waals surface area contributed by atoms with Crippen molar-refractivity contribution < 1.29 is 19.8 Å². The number of hydrogen-bond donors (Lipinski definition) is 4. The molecule has 2 aromatic heterocycles. The Morgan fingerprint density at radius 2 is 1.87 bits per heavy atom. The third-order valence-electron chi connectivity index (χ3n) is 9.09. The van der Waals surface area contributed by atoms with E-state index in [9.17, 15) is 19.8 Å². The molecule has 3 aromatic rings. The van der Waals surface area contributed by atoms with Crippen molar-refractivity contribution in [2.75, 3.05) is 26.2 Å². The first-order valence-electron chi connectivity index (χ1n) is 13.9. The van der Waals surface area contributed by atoms with Gasteiger partial charge in [-0.25, -0.2) is 0 Å². The molecule has 200 valence electrons. The van der Waals surface area contributed by atoms with Gasteiger partial charge >= 0.3 is 5.97 Å². The Hall–Kier alpha value is -3.23. The van der Waals surface area contributed by atoms with Gasteiger partial charge < -0.3 is 20.5 Å². The van der Waals surface area contributed by atoms with Gasteiger partial charge in [0.1, 0.15) is 11.2 Å². The second-order valence-corrected chi connectivity index (χ2v) is 11.4. The van der Waals surface area contributed by atoms with Crippen LogP contribution in [0, 0.1) is 11.3 Å². The summed E-state index contributed by atoms with van der Waals surface area (Å²) in [5.41, 5.74) is 2.23. The summed E-state index contributed by atoms with van der Waals surface area (Å²) in [7, 11) is 0. The van der Waals surface area contributed by atoms with Gasteiger partial charge in [-0.05, 0) is 93.9 Å². The lowest BCUT2D eigenvalue weighted by Gasteiger charge is -2.42. The Kier molecular flexibility index (Phi) is 6.70. The number of H-pyrrole nitrogens is 1. The Labute approximate surface area is 222 Å². The summed E-state index contributed by atoms with van der Waals surface area (Å²) in [5.74, 6) is -0.0394. The SMILES string of the molecule is O=C(O)C1(C(=O)C(CC2CC2)N2CCC(c3cccc(-c4cc5ccncc5[nH]4)c3O)CC2)CCNCC1. The summed E-state index contributed by atoms with van der Waals surface area (Å²) in [6.07, 6.45) is 8.95. The molecule has 1 saturated carbocycles. The van der Waals surface area contributed by atoms with Crippen LogP contribution in [-0.4, -0.2) is 69.1 Å². The van der Waals surface area contributed by atoms with Gasteiger partial charge in [0.25, 0.3) is 0 Å². The molecule has 1 atom stereocenters. The molecule has 38 heavy (non-hydrogen) atoms. The van der Waals surface area contributed by atoms with E-state index >= 15 is 0 Å². The van der Waals surface area contributed by atoms with Gasteiger partial charge in [-0.3, -0.25) is 19.5 Å². The molecule has 0 amide bonds. The number of nitrogens with zero attached hydrogens (tertiary/aromatic N) is 2. The molecule has 2 saturated heterocycles. The van der Waals surface area contributed by atoms with Crippen molar-refractivity contribution in [2.24, 2.45) is 11.3 Å². The molecule has 3 fully saturated rings. The molecule has 1 aromatic carbocycles. The van der Waals surface area contributed by atoms with E-state index in [1.807, 2.05) is 30.3 Å². The number of carbonyl (C=O) groups excluding carboxylic acids is 1. The number of pyridine rings is 1. The lowest BCUT2D eigenvalue weighted by molar-refractivity contribution is -0.159. The number of phenolic OH excluding ortho intramolecular Hbond substituents is 1. The van der Waals surface area contributed by atoms with Gasteiger partial charge in [-0.2, -0.15) is 0 Å². The molecule has 4 N–H and O–H groups in total. The Bertz CT molecular complexity index is 1300. The lowest BCUT2D eigenvalue weighted by atomic mass is 9.71. The average Bonchev–Trinajstić information content (AvgIpc) is 3.67. The number of phenols is 1. The van der Waals surface area contributed by atoms with E-state index in [0.29, 0.717) is 37.6 Å². The minimum atomic E-state index is -1.27. The van der Waals surface area contributed by atoms with Gasteiger partial charge in [-0.1, -0.05) is 25.0 Å². The molecular weight excluding hydrogens is 480 g/mol. The molecule has 8 heteroatoms. The van der Waals surface area contributed by atoms with Crippen LogP contribution in [0.2, 0.25) is 0 Å². The zero-order valence-electron chi connectivity index (χ0n) is 21.7. The summed E-state index contributed by atoms with van der Waals surface area (Å²) < 4.78 is 0. The summed E-state index contributed by atoms with van der Waals surface area (Å²) in [6, 6.07) is 9.58. The zero-order chi connectivity index (χ0) is 26.3. The first-order valence-corrected chi connectivity index (χ1v) is 13.9. The molecule has 1 unspecified atom stereocenters. The number of Topliss-reactive ketones (excluding diaryl/α,β-unsaturated/α-hetero) is 1. The van der Waals surface area contributed by atoms with Gasteiger partial charge in [0.2, 0.25) is 0 Å². The molecule has 0 spiro atoms. The van der Waals surface area contributed by atoms with E-state index in [1.165, 1.54) is 0 Å². The molecule has 2 aliphatic heterocycles. The smallest absolute Gasteiger partial charge is 0.317 e. The number of benzene rings is 1. The van der Waals surface area contributed by atoms with E-state index < -0.39 is 11.4 Å². The number of nitrogens with one attached hydrogen (secondary N) is 2. The maximum Gasteiger partial charge on any atom is 0.317 e. The molecule has 4 heterocycles. The number of carboxylic acids is 1. The molecule has 0 bridgehead atoms. The minimum Gasteiger partial charge on any atom is -0.507 e. The highest BCUT2D eigenvalue weighted by atomic mass is 16.4. The van der Waals surface area contributed by atoms with Crippen molar-refractivity contribution in [3.8, 4) is 17.0 Å². The number of hydrogen-bond acceptors (Lipinski definition) is 6. The van der Waals surface area contributed by atoms with Gasteiger partial charge in [0.15, 0.2) is 5.78 Å². The van der Waals surface area contributed by atoms with Gasteiger partial charge in [0, 0.05) is 17.1 Å². The van der Waals surface area contributed by atoms with Crippen LogP contribution in [-0.2, 0) is 9.59 Å². The quantitative estimate of drug-likeness (QED) is 0.330. The number of aliphatic carboxylic acids is 1. The largest absolute Gasteiger partial charge is 0.507 e. The zero-order valence-corrected chi connectivity index (χ0v) is 21.7. The van der Waals surface area contributed by atoms with Crippen molar-refractivity contribution in [1.82, 2.24) is 20.2 Å². The van der Waals surface area contributed by atoms with Gasteiger partial charge in [0.05, 0.1) is 23.4 Å². The molecule has 6 rings (SSSR count). The standard InChI is InChI=1S/C30H36N4O4/c35-27-22(2-1-3-23(27)24-17-21-6-11-32-18-25(21)33-24)20-7-14-34(15-8-20)26(16-19-4-5-19)28(36)30(29(37)38)9-12-31-13-10-30/h1-3,6,11,17-20,26,31,33,35H,4-5,7-10,12-16H2,(H,37,38). The van der Waals surface area contributed by atoms with E-state index in [1.54, 1.807) is 12.4 Å². The van der Waals surface area contributed by atoms with Crippen LogP contribution in [0.1, 0.15) is 56.4 Å². The normalized spacial score (nSPS) is 21.4. The van der Waals surface area contributed by atoms with Crippen molar-refractivity contribution in [3.05, 3.63) is 48.3 Å². The van der Waals surface area contributed by atoms with Crippen LogP contribution in [0.25, 0.3) is 22.2 Å². The second kappa shape index (κ2) is 10.2. The summed E-state index contributed by atoms with van der Waals surface area (Å²) in [6.45, 7) is 2.59. The highest BCUT2D eigenvalue weighted by Crippen LogP contribution is 2.43. The Balaban J connectivity index is 1.20. The monoisotopic (exact) mass is 516 g/mol. The predicted molar refractivity (Wildman–Crippen MR) is 145 cm³/mol. The summed E-state index contributed by atoms with van der Waals surface area (Å²) in [5, 5.41) is 25.7. The number of fused-ring (bicyclic) bond motifs is 1. The van der Waals surface area contributed by atoms with Crippen LogP contribution in [0.15, 0.2) is 42.7 Å². The molecule has 8 nitrogen and oxygen atoms in total. The van der Waals surface area contributed by atoms with Gasteiger partial charge in [-0.15, -0.1) is 0 Å². The number of aromatic amines is 1. The van der Waals surface area contributed by atoms with Crippen molar-refractivity contribution in [2.45, 2.75) is 56.9 Å². The lowest BCUT2D eigenvalue weighted by Crippen LogP contribution is -2.56. The van der Waals surface area contributed by atoms with Crippen LogP contribution in [0.5, 0.6) is 5.75 Å². The van der Waals surface area contributed by atoms with E-state index in [0.717, 1.165) is 72.9 Å². The average molecular weight is 517 g/mol. The highest BCUT2D eigenvalue weighted by Gasteiger charge is 2.51. The number of piperidine rings is 2. The van der Waals surface area contributed by atoms with Crippen LogP contribution < -0.4 is 5.32 Å².